The van der Waals surface area contributed by atoms with E-state index in [1.54, 1.807) is 5.51 Å². The van der Waals surface area contributed by atoms with Crippen LogP contribution in [0.4, 0.5) is 5.13 Å². The number of nitrogens with two attached hydrogens (primary N) is 2. The van der Waals surface area contributed by atoms with Crippen molar-refractivity contribution in [1.29, 1.82) is 0 Å². The van der Waals surface area contributed by atoms with Gasteiger partial charge in [-0.05, 0) is 16.7 Å². The van der Waals surface area contributed by atoms with Crippen molar-refractivity contribution in [3.8, 4) is 0 Å². The van der Waals surface area contributed by atoms with E-state index in [9.17, 15) is 19.2 Å². The van der Waals surface area contributed by atoms with E-state index in [2.05, 4.69) is 25.7 Å². The largest absolute Gasteiger partial charge is 0.448 e. The van der Waals surface area contributed by atoms with Gasteiger partial charge in [-0.3, -0.25) is 24.7 Å². The number of hydrogen-bond donors (Lipinski definition) is 4. The van der Waals surface area contributed by atoms with Crippen molar-refractivity contribution in [3.63, 3.8) is 0 Å². The number of β-lactam (4-membered cyclic amide) rings is 1. The molecule has 4 heterocycles. The van der Waals surface area contributed by atoms with E-state index < -0.39 is 47.8 Å². The van der Waals surface area contributed by atoms with Gasteiger partial charge in [-0.25, -0.2) is 15.6 Å². The number of oxime groups is 1. The maximum Gasteiger partial charge on any atom is 0.356 e. The van der Waals surface area contributed by atoms with Crippen molar-refractivity contribution in [3.05, 3.63) is 99.6 Å². The van der Waals surface area contributed by atoms with E-state index in [1.807, 2.05) is 66.1 Å². The first-order valence-corrected chi connectivity index (χ1v) is 18.2. The number of benzene rings is 2. The summed E-state index contributed by atoms with van der Waals surface area (Å²) in [4.78, 5) is 63.5. The van der Waals surface area contributed by atoms with Gasteiger partial charge in [0.05, 0.1) is 0 Å². The van der Waals surface area contributed by atoms with Crippen LogP contribution in [0.3, 0.4) is 0 Å². The van der Waals surface area contributed by atoms with E-state index >= 15 is 0 Å². The van der Waals surface area contributed by atoms with Gasteiger partial charge in [-0.2, -0.15) is 0 Å². The number of nitrogen functional groups attached to an aromatic ring is 1. The molecule has 49 heavy (non-hydrogen) atoms. The molecular weight excluding hydrogens is 711 g/mol. The second kappa shape index (κ2) is 15.6. The Morgan fingerprint density at radius 3 is 2.41 bits per heavy atom. The van der Waals surface area contributed by atoms with E-state index in [-0.39, 0.29) is 22.2 Å². The molecule has 2 aromatic carbocycles. The number of hydrogen-bond acceptors (Lipinski definition) is 16. The highest BCUT2D eigenvalue weighted by molar-refractivity contribution is 8.01. The summed E-state index contributed by atoms with van der Waals surface area (Å²) < 4.78 is 6.91. The average molecular weight is 738 g/mol. The highest BCUT2D eigenvalue weighted by Gasteiger charge is 2.55. The molecule has 2 aromatic heterocycles. The van der Waals surface area contributed by atoms with Gasteiger partial charge < -0.3 is 20.6 Å². The number of fused-ring (bicyclic) bond motifs is 1. The Morgan fingerprint density at radius 1 is 1.08 bits per heavy atom. The maximum atomic E-state index is 14.2. The molecule has 6 rings (SSSR count). The van der Waals surface area contributed by atoms with E-state index in [1.165, 1.54) is 45.1 Å². The number of carbonyl (C=O) groups is 4. The molecule has 0 bridgehead atoms. The van der Waals surface area contributed by atoms with Gasteiger partial charge in [-0.15, -0.1) is 33.3 Å². The normalized spacial score (nSPS) is 17.3. The predicted molar refractivity (Wildman–Crippen MR) is 185 cm³/mol. The molecule has 0 radical (unpaired) electrons. The predicted octanol–water partition coefficient (Wildman–Crippen LogP) is 2.07. The lowest BCUT2D eigenvalue weighted by Crippen LogP contribution is -2.71. The second-order valence-electron chi connectivity index (χ2n) is 10.3. The van der Waals surface area contributed by atoms with Crippen molar-refractivity contribution in [2.45, 2.75) is 21.9 Å². The van der Waals surface area contributed by atoms with E-state index in [0.29, 0.717) is 21.4 Å². The fourth-order valence-corrected chi connectivity index (χ4v) is 8.43. The summed E-state index contributed by atoms with van der Waals surface area (Å²) in [6, 6.07) is 17.6. The molecule has 2 aliphatic heterocycles. The number of thiazole rings is 1. The SMILES string of the molecule is NNC(=O)CON=C(C(=O)NC1C(=O)N2C(C(=O)OC(c3ccccc3)c3ccccc3)=C(CSc3nncs3)CS[C@@H]12)c1csc(N)n1. The molecule has 1 unspecified atom stereocenters. The molecule has 252 valence electrons. The molecule has 0 spiro atoms. The smallest absolute Gasteiger partial charge is 0.356 e. The van der Waals surface area contributed by atoms with Crippen molar-refractivity contribution < 1.29 is 28.8 Å². The molecule has 6 N–H and O–H groups in total. The highest BCUT2D eigenvalue weighted by Crippen LogP contribution is 2.43. The van der Waals surface area contributed by atoms with Gasteiger partial charge in [0.1, 0.15) is 28.3 Å². The number of nitrogens with one attached hydrogen (secondary N) is 2. The molecule has 1 fully saturated rings. The first-order chi connectivity index (χ1) is 23.8. The molecule has 0 aliphatic carbocycles. The number of esters is 1. The number of amides is 3. The summed E-state index contributed by atoms with van der Waals surface area (Å²) in [6.45, 7) is -0.567. The first-order valence-electron chi connectivity index (χ1n) is 14.4. The zero-order valence-electron chi connectivity index (χ0n) is 25.3. The highest BCUT2D eigenvalue weighted by atomic mass is 32.2. The van der Waals surface area contributed by atoms with Gasteiger partial charge >= 0.3 is 5.97 Å². The second-order valence-corrected chi connectivity index (χ2v) is 14.3. The molecule has 2 aliphatic rings. The van der Waals surface area contributed by atoms with Gasteiger partial charge in [0.15, 0.2) is 27.9 Å². The van der Waals surface area contributed by atoms with Gasteiger partial charge in [0, 0.05) is 16.9 Å². The Kier molecular flexibility index (Phi) is 10.8. The molecule has 1 saturated heterocycles. The van der Waals surface area contributed by atoms with Crippen LogP contribution in [0.25, 0.3) is 0 Å². The number of aromatic nitrogens is 3. The summed E-state index contributed by atoms with van der Waals surface area (Å²) in [5, 5.41) is 15.4. The van der Waals surface area contributed by atoms with Crippen molar-refractivity contribution in [2.24, 2.45) is 11.0 Å². The van der Waals surface area contributed by atoms with Crippen molar-refractivity contribution in [2.75, 3.05) is 23.8 Å². The fourth-order valence-electron chi connectivity index (χ4n) is 4.91. The number of anilines is 1. The molecule has 3 amide bonds. The molecular formula is C30H27N9O6S4. The minimum atomic E-state index is -1.02. The zero-order chi connectivity index (χ0) is 34.3. The molecule has 19 heteroatoms. The lowest BCUT2D eigenvalue weighted by Gasteiger charge is -2.49. The van der Waals surface area contributed by atoms with Crippen LogP contribution in [0.5, 0.6) is 0 Å². The third kappa shape index (κ3) is 7.75. The van der Waals surface area contributed by atoms with Crippen molar-refractivity contribution >= 4 is 80.7 Å². The fraction of sp³-hybridized carbons (Fsp3) is 0.200. The molecule has 4 aromatic rings. The quantitative estimate of drug-likeness (QED) is 0.0294. The third-order valence-corrected chi connectivity index (χ3v) is 11.1. The summed E-state index contributed by atoms with van der Waals surface area (Å²) in [6.07, 6.45) is -0.745. The minimum absolute atomic E-state index is 0.0844. The van der Waals surface area contributed by atoms with Crippen LogP contribution in [-0.2, 0) is 28.8 Å². The number of nitrogens with zero attached hydrogens (tertiary/aromatic N) is 5. The van der Waals surface area contributed by atoms with Crippen LogP contribution in [-0.4, -0.2) is 79.0 Å². The topological polar surface area (TPSA) is 217 Å². The summed E-state index contributed by atoms with van der Waals surface area (Å²) in [5.41, 5.74) is 11.4. The number of rotatable bonds is 13. The third-order valence-electron chi connectivity index (χ3n) is 7.16. The standard InChI is InChI=1S/C30H27N9O6S4/c31-29-34-19(14-47-29)21(38-44-11-20(40)36-32)25(41)35-22-26(42)39-23(18(12-46-27(22)39)13-48-30-37-33-15-49-30)28(43)45-24(16-7-3-1-4-8-16)17-9-5-2-6-10-17/h1-10,14-15,22,24,27H,11-13,32H2,(H2,31,34)(H,35,41)(H,36,40)/t22?,27-/m0/s1. The summed E-state index contributed by atoms with van der Waals surface area (Å²) >= 11 is 5.22. The number of carbonyl (C=O) groups excluding carboxylic acids is 4. The minimum Gasteiger partial charge on any atom is -0.448 e. The van der Waals surface area contributed by atoms with Crippen LogP contribution < -0.4 is 22.3 Å². The van der Waals surface area contributed by atoms with Crippen molar-refractivity contribution in [1.82, 2.24) is 30.8 Å². The number of ether oxygens (including phenoxy) is 1. The maximum absolute atomic E-state index is 14.2. The van der Waals surface area contributed by atoms with Crippen LogP contribution >= 0.6 is 46.2 Å². The van der Waals surface area contributed by atoms with E-state index in [4.69, 9.17) is 21.2 Å². The summed E-state index contributed by atoms with van der Waals surface area (Å²) in [5.74, 6) is 3.14. The Labute approximate surface area is 295 Å². The van der Waals surface area contributed by atoms with Gasteiger partial charge in [0.25, 0.3) is 17.7 Å². The van der Waals surface area contributed by atoms with Crippen LogP contribution in [0.2, 0.25) is 0 Å². The van der Waals surface area contributed by atoms with Gasteiger partial charge in [-0.1, -0.05) is 88.9 Å². The summed E-state index contributed by atoms with van der Waals surface area (Å²) in [7, 11) is 0. The lowest BCUT2D eigenvalue weighted by atomic mass is 10.0. The average Bonchev–Trinajstić information content (AvgIpc) is 3.82. The molecule has 15 nitrogen and oxygen atoms in total. The Balaban J connectivity index is 1.26. The van der Waals surface area contributed by atoms with Crippen LogP contribution in [0.15, 0.2) is 92.3 Å². The number of thioether (sulfide) groups is 2. The first kappa shape index (κ1) is 34.1. The Morgan fingerprint density at radius 2 is 1.80 bits per heavy atom. The molecule has 0 saturated carbocycles. The Hall–Kier alpha value is -4.82. The van der Waals surface area contributed by atoms with Crippen LogP contribution in [0, 0.1) is 0 Å². The number of hydrazine groups is 1. The monoisotopic (exact) mass is 737 g/mol. The Bertz CT molecular complexity index is 1850. The zero-order valence-corrected chi connectivity index (χ0v) is 28.5. The van der Waals surface area contributed by atoms with Gasteiger partial charge in [0.2, 0.25) is 0 Å². The lowest BCUT2D eigenvalue weighted by molar-refractivity contribution is -0.154. The molecule has 2 atom stereocenters. The van der Waals surface area contributed by atoms with Crippen LogP contribution in [0.1, 0.15) is 22.9 Å². The van der Waals surface area contributed by atoms with E-state index in [0.717, 1.165) is 22.5 Å².